The van der Waals surface area contributed by atoms with Crippen LogP contribution >= 0.6 is 0 Å². The molecule has 0 heterocycles. The molecule has 0 aliphatic rings. The summed E-state index contributed by atoms with van der Waals surface area (Å²) in [6, 6.07) is 14.7. The SMILES string of the molecule is COc1cc(-c2ccc3cc(C(=O)O)ccc3c2)cc(OC)c1OC. The van der Waals surface area contributed by atoms with E-state index in [0.717, 1.165) is 21.9 Å². The molecule has 1 N–H and O–H groups in total. The van der Waals surface area contributed by atoms with Crippen molar-refractivity contribution in [1.82, 2.24) is 0 Å². The van der Waals surface area contributed by atoms with E-state index in [-0.39, 0.29) is 5.56 Å². The predicted octanol–water partition coefficient (Wildman–Crippen LogP) is 4.23. The molecule has 0 amide bonds. The number of fused-ring (bicyclic) bond motifs is 1. The van der Waals surface area contributed by atoms with Gasteiger partial charge < -0.3 is 19.3 Å². The summed E-state index contributed by atoms with van der Waals surface area (Å²) in [7, 11) is 4.72. The van der Waals surface area contributed by atoms with Crippen LogP contribution in [0, 0.1) is 0 Å². The van der Waals surface area contributed by atoms with Crippen LogP contribution in [0.15, 0.2) is 48.5 Å². The summed E-state index contributed by atoms with van der Waals surface area (Å²) in [5.74, 6) is 0.771. The fourth-order valence-corrected chi connectivity index (χ4v) is 2.81. The van der Waals surface area contributed by atoms with Gasteiger partial charge in [0.05, 0.1) is 26.9 Å². The molecule has 5 heteroatoms. The molecule has 0 atom stereocenters. The van der Waals surface area contributed by atoms with Crippen LogP contribution < -0.4 is 14.2 Å². The minimum absolute atomic E-state index is 0.271. The lowest BCUT2D eigenvalue weighted by atomic mass is 9.99. The number of hydrogen-bond acceptors (Lipinski definition) is 4. The first-order valence-electron chi connectivity index (χ1n) is 7.65. The molecule has 0 aromatic heterocycles. The second-order valence-electron chi connectivity index (χ2n) is 5.50. The maximum atomic E-state index is 11.1. The van der Waals surface area contributed by atoms with Crippen molar-refractivity contribution in [2.24, 2.45) is 0 Å². The second kappa shape index (κ2) is 6.73. The van der Waals surface area contributed by atoms with Crippen molar-refractivity contribution in [3.63, 3.8) is 0 Å². The van der Waals surface area contributed by atoms with E-state index in [0.29, 0.717) is 17.2 Å². The Labute approximate surface area is 145 Å². The van der Waals surface area contributed by atoms with Gasteiger partial charge in [-0.1, -0.05) is 18.2 Å². The topological polar surface area (TPSA) is 65.0 Å². The molecular formula is C20H18O5. The number of carboxylic acids is 1. The number of hydrogen-bond donors (Lipinski definition) is 1. The van der Waals surface area contributed by atoms with E-state index in [1.807, 2.05) is 30.3 Å². The third kappa shape index (κ3) is 3.08. The Bertz CT molecular complexity index is 921. The Kier molecular flexibility index (Phi) is 4.48. The molecule has 25 heavy (non-hydrogen) atoms. The molecule has 0 aliphatic carbocycles. The van der Waals surface area contributed by atoms with Crippen molar-refractivity contribution < 1.29 is 24.1 Å². The van der Waals surface area contributed by atoms with Crippen LogP contribution in [0.2, 0.25) is 0 Å². The molecule has 0 bridgehead atoms. The van der Waals surface area contributed by atoms with Crippen molar-refractivity contribution in [2.45, 2.75) is 0 Å². The minimum atomic E-state index is -0.935. The molecule has 128 valence electrons. The standard InChI is InChI=1S/C20H18O5/c1-23-17-10-16(11-18(24-2)19(17)25-3)14-5-4-13-9-15(20(21)22)7-6-12(13)8-14/h4-11H,1-3H3,(H,21,22). The summed E-state index contributed by atoms with van der Waals surface area (Å²) in [5.41, 5.74) is 2.15. The molecule has 3 rings (SSSR count). The largest absolute Gasteiger partial charge is 0.493 e. The van der Waals surface area contributed by atoms with E-state index >= 15 is 0 Å². The number of carboxylic acid groups (broad SMARTS) is 1. The van der Waals surface area contributed by atoms with E-state index in [2.05, 4.69) is 0 Å². The number of ether oxygens (including phenoxy) is 3. The Morgan fingerprint density at radius 1 is 0.760 bits per heavy atom. The highest BCUT2D eigenvalue weighted by atomic mass is 16.5. The lowest BCUT2D eigenvalue weighted by Gasteiger charge is -2.14. The number of rotatable bonds is 5. The summed E-state index contributed by atoms with van der Waals surface area (Å²) in [5, 5.41) is 10.9. The van der Waals surface area contributed by atoms with Gasteiger partial charge in [-0.2, -0.15) is 0 Å². The van der Waals surface area contributed by atoms with Crippen LogP contribution in [0.25, 0.3) is 21.9 Å². The van der Waals surface area contributed by atoms with Gasteiger partial charge in [0, 0.05) is 0 Å². The van der Waals surface area contributed by atoms with Gasteiger partial charge in [0.1, 0.15) is 0 Å². The zero-order chi connectivity index (χ0) is 18.0. The molecular weight excluding hydrogens is 320 g/mol. The Hall–Kier alpha value is -3.21. The van der Waals surface area contributed by atoms with Crippen LogP contribution in [0.4, 0.5) is 0 Å². The fourth-order valence-electron chi connectivity index (χ4n) is 2.81. The van der Waals surface area contributed by atoms with E-state index in [9.17, 15) is 4.79 Å². The number of benzene rings is 3. The quantitative estimate of drug-likeness (QED) is 0.754. The molecule has 0 aliphatic heterocycles. The van der Waals surface area contributed by atoms with Crippen LogP contribution in [0.3, 0.4) is 0 Å². The second-order valence-corrected chi connectivity index (χ2v) is 5.50. The molecule has 3 aromatic carbocycles. The van der Waals surface area contributed by atoms with E-state index in [4.69, 9.17) is 19.3 Å². The smallest absolute Gasteiger partial charge is 0.335 e. The highest BCUT2D eigenvalue weighted by molar-refractivity contribution is 5.95. The molecule has 3 aromatic rings. The molecule has 0 fully saturated rings. The molecule has 5 nitrogen and oxygen atoms in total. The highest BCUT2D eigenvalue weighted by Gasteiger charge is 2.14. The normalized spacial score (nSPS) is 10.5. The summed E-state index contributed by atoms with van der Waals surface area (Å²) in [4.78, 5) is 11.1. The summed E-state index contributed by atoms with van der Waals surface area (Å²) in [6.45, 7) is 0. The van der Waals surface area contributed by atoms with Crippen LogP contribution in [0.5, 0.6) is 17.2 Å². The Morgan fingerprint density at radius 2 is 1.36 bits per heavy atom. The average Bonchev–Trinajstić information content (AvgIpc) is 2.65. The molecule has 0 unspecified atom stereocenters. The molecule has 0 saturated carbocycles. The van der Waals surface area contributed by atoms with Crippen LogP contribution in [0.1, 0.15) is 10.4 Å². The molecule has 0 radical (unpaired) electrons. The van der Waals surface area contributed by atoms with Gasteiger partial charge in [-0.15, -0.1) is 0 Å². The Balaban J connectivity index is 2.12. The van der Waals surface area contributed by atoms with Crippen molar-refractivity contribution in [3.05, 3.63) is 54.1 Å². The van der Waals surface area contributed by atoms with Gasteiger partial charge in [-0.3, -0.25) is 0 Å². The van der Waals surface area contributed by atoms with Crippen molar-refractivity contribution in [2.75, 3.05) is 21.3 Å². The zero-order valence-electron chi connectivity index (χ0n) is 14.2. The van der Waals surface area contributed by atoms with E-state index in [1.165, 1.54) is 0 Å². The monoisotopic (exact) mass is 338 g/mol. The van der Waals surface area contributed by atoms with Crippen molar-refractivity contribution in [3.8, 4) is 28.4 Å². The van der Waals surface area contributed by atoms with Crippen molar-refractivity contribution in [1.29, 1.82) is 0 Å². The Morgan fingerprint density at radius 3 is 1.92 bits per heavy atom. The zero-order valence-corrected chi connectivity index (χ0v) is 14.2. The third-order valence-corrected chi connectivity index (χ3v) is 4.09. The van der Waals surface area contributed by atoms with Crippen LogP contribution in [-0.2, 0) is 0 Å². The van der Waals surface area contributed by atoms with Crippen molar-refractivity contribution >= 4 is 16.7 Å². The fraction of sp³-hybridized carbons (Fsp3) is 0.150. The first-order chi connectivity index (χ1) is 12.1. The van der Waals surface area contributed by atoms with Gasteiger partial charge in [0.15, 0.2) is 11.5 Å². The van der Waals surface area contributed by atoms with Gasteiger partial charge in [-0.25, -0.2) is 4.79 Å². The number of carbonyl (C=O) groups is 1. The summed E-state index contributed by atoms with van der Waals surface area (Å²) < 4.78 is 16.1. The van der Waals surface area contributed by atoms with Gasteiger partial charge in [-0.05, 0) is 52.2 Å². The molecule has 0 saturated heterocycles. The lowest BCUT2D eigenvalue weighted by Crippen LogP contribution is -1.96. The maximum absolute atomic E-state index is 11.1. The van der Waals surface area contributed by atoms with Gasteiger partial charge in [0.2, 0.25) is 5.75 Å². The van der Waals surface area contributed by atoms with Gasteiger partial charge in [0.25, 0.3) is 0 Å². The van der Waals surface area contributed by atoms with Gasteiger partial charge >= 0.3 is 5.97 Å². The third-order valence-electron chi connectivity index (χ3n) is 4.09. The van der Waals surface area contributed by atoms with E-state index < -0.39 is 5.97 Å². The summed E-state index contributed by atoms with van der Waals surface area (Å²) >= 11 is 0. The average molecular weight is 338 g/mol. The lowest BCUT2D eigenvalue weighted by molar-refractivity contribution is 0.0697. The molecule has 0 spiro atoms. The first-order valence-corrected chi connectivity index (χ1v) is 7.65. The summed E-state index contributed by atoms with van der Waals surface area (Å²) in [6.07, 6.45) is 0. The first kappa shape index (κ1) is 16.6. The minimum Gasteiger partial charge on any atom is -0.493 e. The predicted molar refractivity (Wildman–Crippen MR) is 96.0 cm³/mol. The van der Waals surface area contributed by atoms with Crippen LogP contribution in [-0.4, -0.2) is 32.4 Å². The number of methoxy groups -OCH3 is 3. The van der Waals surface area contributed by atoms with E-state index in [1.54, 1.807) is 39.5 Å². The highest BCUT2D eigenvalue weighted by Crippen LogP contribution is 2.41. The number of aromatic carboxylic acids is 1. The maximum Gasteiger partial charge on any atom is 0.335 e.